The predicted octanol–water partition coefficient (Wildman–Crippen LogP) is 23.9. The van der Waals surface area contributed by atoms with Crippen LogP contribution in [0.2, 0.25) is 0 Å². The Balaban J connectivity index is 4.29. The minimum atomic E-state index is -0.789. The monoisotopic (exact) mass is 1140 g/mol. The molecule has 0 spiro atoms. The van der Waals surface area contributed by atoms with Crippen LogP contribution in [-0.2, 0) is 28.6 Å². The summed E-state index contributed by atoms with van der Waals surface area (Å²) in [6.07, 6.45) is 96.4. The molecule has 1 unspecified atom stereocenters. The topological polar surface area (TPSA) is 78.9 Å². The van der Waals surface area contributed by atoms with Crippen LogP contribution in [0.4, 0.5) is 0 Å². The molecule has 0 aliphatic carbocycles. The van der Waals surface area contributed by atoms with Crippen LogP contribution in [-0.4, -0.2) is 37.2 Å². The first kappa shape index (κ1) is 77.8. The second-order valence-corrected chi connectivity index (χ2v) is 22.7. The largest absolute Gasteiger partial charge is 0.462 e. The summed E-state index contributed by atoms with van der Waals surface area (Å²) >= 11 is 0. The maximum atomic E-state index is 12.9. The molecule has 0 saturated heterocycles. The Bertz CT molecular complexity index is 1690. The molecule has 1 atom stereocenters. The molecule has 0 aromatic rings. The summed E-state index contributed by atoms with van der Waals surface area (Å²) in [5, 5.41) is 0. The zero-order valence-corrected chi connectivity index (χ0v) is 53.7. The van der Waals surface area contributed by atoms with E-state index in [1.807, 2.05) is 0 Å². The fraction of sp³-hybridized carbons (Fsp3) is 0.697. The summed E-state index contributed by atoms with van der Waals surface area (Å²) < 4.78 is 16.9. The highest BCUT2D eigenvalue weighted by molar-refractivity contribution is 5.71. The third-order valence-corrected chi connectivity index (χ3v) is 14.7. The van der Waals surface area contributed by atoms with E-state index in [2.05, 4.69) is 142 Å². The van der Waals surface area contributed by atoms with E-state index in [1.165, 1.54) is 141 Å². The first-order chi connectivity index (χ1) is 40.5. The number of carbonyl (C=O) groups excluding carboxylic acids is 3. The molecule has 0 rings (SSSR count). The Labute approximate surface area is 507 Å². The molecule has 0 amide bonds. The third-order valence-electron chi connectivity index (χ3n) is 14.7. The van der Waals surface area contributed by atoms with Crippen molar-refractivity contribution in [3.8, 4) is 0 Å². The van der Waals surface area contributed by atoms with Gasteiger partial charge in [-0.15, -0.1) is 0 Å². The summed E-state index contributed by atoms with van der Waals surface area (Å²) in [6.45, 7) is 6.50. The molecule has 0 bridgehead atoms. The molecule has 6 heteroatoms. The van der Waals surface area contributed by atoms with E-state index in [0.717, 1.165) is 141 Å². The van der Waals surface area contributed by atoms with Crippen LogP contribution >= 0.6 is 0 Å². The molecular weight excluding hydrogens is 1010 g/mol. The summed E-state index contributed by atoms with van der Waals surface area (Å²) in [5.74, 6) is -0.896. The van der Waals surface area contributed by atoms with Crippen LogP contribution in [0, 0.1) is 0 Å². The van der Waals surface area contributed by atoms with E-state index in [9.17, 15) is 14.4 Å². The maximum absolute atomic E-state index is 12.9. The minimum absolute atomic E-state index is 0.0859. The first-order valence-corrected chi connectivity index (χ1v) is 34.5. The van der Waals surface area contributed by atoms with Crippen LogP contribution in [0.1, 0.15) is 323 Å². The van der Waals surface area contributed by atoms with Gasteiger partial charge in [-0.25, -0.2) is 0 Å². The van der Waals surface area contributed by atoms with E-state index in [-0.39, 0.29) is 31.1 Å². The standard InChI is InChI=1S/C76H128O6/c1-4-7-10-13-16-19-22-25-28-30-31-32-33-34-35-36-37-38-39-40-41-42-43-44-45-47-48-51-54-57-60-63-66-69-75(78)81-72-73(71-80-74(77)68-65-62-59-56-53-50-27-24-21-18-15-12-9-6-3)82-76(79)70-67-64-61-58-55-52-49-46-29-26-23-20-17-14-11-8-5-2/h7,10,15-16,18-19,24-25,27-28,31-32,34-35,37-38,40-41,43-44,73H,4-6,8-9,11-14,17,20-23,26,29-30,33,36,39,42,45-72H2,1-3H3/b10-7-,18-15-,19-16-,27-24-,28-25-,32-31-,35-34-,38-37-,41-40-,44-43-. The molecule has 0 fully saturated rings. The number of carbonyl (C=O) groups is 3. The van der Waals surface area contributed by atoms with Gasteiger partial charge in [-0.05, 0) is 109 Å². The third kappa shape index (κ3) is 66.6. The Kier molecular flexibility index (Phi) is 65.8. The Morgan fingerprint density at radius 3 is 0.780 bits per heavy atom. The maximum Gasteiger partial charge on any atom is 0.306 e. The van der Waals surface area contributed by atoms with Crippen molar-refractivity contribution in [3.63, 3.8) is 0 Å². The Morgan fingerprint density at radius 2 is 0.488 bits per heavy atom. The minimum Gasteiger partial charge on any atom is -0.462 e. The zero-order valence-electron chi connectivity index (χ0n) is 53.7. The summed E-state index contributed by atoms with van der Waals surface area (Å²) in [4.78, 5) is 38.4. The fourth-order valence-corrected chi connectivity index (χ4v) is 9.54. The molecule has 468 valence electrons. The number of allylic oxidation sites excluding steroid dienone is 20. The van der Waals surface area contributed by atoms with Crippen molar-refractivity contribution in [1.82, 2.24) is 0 Å². The normalized spacial score (nSPS) is 12.9. The summed E-state index contributed by atoms with van der Waals surface area (Å²) in [6, 6.07) is 0. The van der Waals surface area contributed by atoms with Crippen LogP contribution in [0.3, 0.4) is 0 Å². The highest BCUT2D eigenvalue weighted by Gasteiger charge is 2.19. The van der Waals surface area contributed by atoms with Crippen molar-refractivity contribution in [2.45, 2.75) is 329 Å². The number of esters is 3. The molecule has 0 saturated carbocycles. The highest BCUT2D eigenvalue weighted by Crippen LogP contribution is 2.17. The molecule has 6 nitrogen and oxygen atoms in total. The van der Waals surface area contributed by atoms with Gasteiger partial charge in [0.15, 0.2) is 6.10 Å². The molecule has 0 heterocycles. The van der Waals surface area contributed by atoms with Crippen LogP contribution in [0.25, 0.3) is 0 Å². The lowest BCUT2D eigenvalue weighted by atomic mass is 10.0. The van der Waals surface area contributed by atoms with Gasteiger partial charge >= 0.3 is 17.9 Å². The Morgan fingerprint density at radius 1 is 0.256 bits per heavy atom. The van der Waals surface area contributed by atoms with E-state index in [0.29, 0.717) is 19.3 Å². The summed E-state index contributed by atoms with van der Waals surface area (Å²) in [7, 11) is 0. The van der Waals surface area contributed by atoms with Gasteiger partial charge in [0.2, 0.25) is 0 Å². The van der Waals surface area contributed by atoms with Crippen molar-refractivity contribution in [2.75, 3.05) is 13.2 Å². The lowest BCUT2D eigenvalue weighted by molar-refractivity contribution is -0.167. The lowest BCUT2D eigenvalue weighted by Gasteiger charge is -2.18. The van der Waals surface area contributed by atoms with Crippen LogP contribution in [0.15, 0.2) is 122 Å². The second kappa shape index (κ2) is 69.3. The molecule has 0 radical (unpaired) electrons. The van der Waals surface area contributed by atoms with Gasteiger partial charge in [0.25, 0.3) is 0 Å². The van der Waals surface area contributed by atoms with Gasteiger partial charge in [0.05, 0.1) is 0 Å². The van der Waals surface area contributed by atoms with Crippen molar-refractivity contribution in [1.29, 1.82) is 0 Å². The average molecular weight is 1140 g/mol. The van der Waals surface area contributed by atoms with Gasteiger partial charge in [-0.3, -0.25) is 14.4 Å². The van der Waals surface area contributed by atoms with Gasteiger partial charge in [-0.1, -0.05) is 316 Å². The van der Waals surface area contributed by atoms with Crippen LogP contribution < -0.4 is 0 Å². The van der Waals surface area contributed by atoms with E-state index >= 15 is 0 Å². The van der Waals surface area contributed by atoms with E-state index in [1.54, 1.807) is 0 Å². The summed E-state index contributed by atoms with van der Waals surface area (Å²) in [5.41, 5.74) is 0. The van der Waals surface area contributed by atoms with Crippen molar-refractivity contribution in [2.24, 2.45) is 0 Å². The van der Waals surface area contributed by atoms with E-state index < -0.39 is 6.10 Å². The predicted molar refractivity (Wildman–Crippen MR) is 357 cm³/mol. The highest BCUT2D eigenvalue weighted by atomic mass is 16.6. The quantitative estimate of drug-likeness (QED) is 0.0261. The number of hydrogen-bond donors (Lipinski definition) is 0. The van der Waals surface area contributed by atoms with Gasteiger partial charge in [0, 0.05) is 19.3 Å². The Hall–Kier alpha value is -4.19. The van der Waals surface area contributed by atoms with Gasteiger partial charge in [0.1, 0.15) is 13.2 Å². The average Bonchev–Trinajstić information content (AvgIpc) is 3.47. The number of rotatable bonds is 62. The molecule has 0 N–H and O–H groups in total. The molecule has 0 aliphatic rings. The van der Waals surface area contributed by atoms with E-state index in [4.69, 9.17) is 14.2 Å². The SMILES string of the molecule is CC/C=C\C/C=C\C/C=C\C/C=C\C/C=C\C/C=C\C/C=C\C/C=C\CCCCCCCCCCC(=O)OCC(COC(=O)CCCCCCC/C=C\C/C=C\CCCC)OC(=O)CCCCCCCCCCCCCCCCCCC. The number of hydrogen-bond acceptors (Lipinski definition) is 6. The van der Waals surface area contributed by atoms with Gasteiger partial charge in [-0.2, -0.15) is 0 Å². The molecular formula is C76H128O6. The molecule has 0 aromatic carbocycles. The molecule has 0 aliphatic heterocycles. The van der Waals surface area contributed by atoms with Gasteiger partial charge < -0.3 is 14.2 Å². The number of ether oxygens (including phenoxy) is 3. The number of unbranched alkanes of at least 4 members (excludes halogenated alkanes) is 31. The van der Waals surface area contributed by atoms with Crippen LogP contribution in [0.5, 0.6) is 0 Å². The van der Waals surface area contributed by atoms with Crippen molar-refractivity contribution in [3.05, 3.63) is 122 Å². The molecule has 0 aromatic heterocycles. The molecule has 82 heavy (non-hydrogen) atoms. The second-order valence-electron chi connectivity index (χ2n) is 22.7. The van der Waals surface area contributed by atoms with Crippen molar-refractivity contribution < 1.29 is 28.6 Å². The lowest BCUT2D eigenvalue weighted by Crippen LogP contribution is -2.30. The fourth-order valence-electron chi connectivity index (χ4n) is 9.54. The first-order valence-electron chi connectivity index (χ1n) is 34.5. The van der Waals surface area contributed by atoms with Crippen molar-refractivity contribution >= 4 is 17.9 Å². The smallest absolute Gasteiger partial charge is 0.306 e. The zero-order chi connectivity index (χ0) is 59.2.